The quantitative estimate of drug-likeness (QED) is 0.354. The number of ether oxygens (including phenoxy) is 1. The standard InChI is InChI=1S/C12H13NO2/c1-3-10(4-2)15-12-7-9(8-14)5-6-11(12)13/h3-8H,1,13H2,2H3/b10-4+. The molecular weight excluding hydrogens is 190 g/mol. The molecule has 0 aliphatic heterocycles. The van der Waals surface area contributed by atoms with Gasteiger partial charge in [0.2, 0.25) is 0 Å². The molecule has 0 radical (unpaired) electrons. The maximum Gasteiger partial charge on any atom is 0.150 e. The minimum Gasteiger partial charge on any atom is -0.456 e. The van der Waals surface area contributed by atoms with Gasteiger partial charge in [0.1, 0.15) is 12.0 Å². The lowest BCUT2D eigenvalue weighted by molar-refractivity contribution is 0.112. The van der Waals surface area contributed by atoms with Gasteiger partial charge in [-0.05, 0) is 37.3 Å². The summed E-state index contributed by atoms with van der Waals surface area (Å²) in [5, 5.41) is 0. The van der Waals surface area contributed by atoms with E-state index in [1.807, 2.05) is 6.92 Å². The first kappa shape index (κ1) is 11.0. The van der Waals surface area contributed by atoms with Crippen molar-refractivity contribution in [3.05, 3.63) is 48.3 Å². The van der Waals surface area contributed by atoms with Crippen molar-refractivity contribution < 1.29 is 9.53 Å². The van der Waals surface area contributed by atoms with E-state index in [-0.39, 0.29) is 0 Å². The van der Waals surface area contributed by atoms with Gasteiger partial charge in [-0.25, -0.2) is 0 Å². The third-order valence-corrected chi connectivity index (χ3v) is 1.89. The molecule has 1 aromatic carbocycles. The molecule has 0 saturated carbocycles. The molecule has 1 rings (SSSR count). The highest BCUT2D eigenvalue weighted by atomic mass is 16.5. The lowest BCUT2D eigenvalue weighted by Crippen LogP contribution is -1.97. The van der Waals surface area contributed by atoms with Gasteiger partial charge in [-0.15, -0.1) is 0 Å². The number of rotatable bonds is 4. The Morgan fingerprint density at radius 2 is 2.27 bits per heavy atom. The van der Waals surface area contributed by atoms with E-state index in [1.165, 1.54) is 0 Å². The zero-order valence-electron chi connectivity index (χ0n) is 8.57. The Balaban J connectivity index is 3.02. The summed E-state index contributed by atoms with van der Waals surface area (Å²) < 4.78 is 5.45. The third-order valence-electron chi connectivity index (χ3n) is 1.89. The minimum atomic E-state index is 0.465. The van der Waals surface area contributed by atoms with Crippen LogP contribution in [-0.4, -0.2) is 6.29 Å². The minimum absolute atomic E-state index is 0.465. The summed E-state index contributed by atoms with van der Waals surface area (Å²) in [6.45, 7) is 5.43. The zero-order valence-corrected chi connectivity index (χ0v) is 8.57. The maximum absolute atomic E-state index is 10.6. The number of nitrogens with two attached hydrogens (primary N) is 1. The van der Waals surface area contributed by atoms with Crippen molar-refractivity contribution in [2.24, 2.45) is 0 Å². The molecule has 78 valence electrons. The summed E-state index contributed by atoms with van der Waals surface area (Å²) in [6.07, 6.45) is 4.09. The van der Waals surface area contributed by atoms with E-state index >= 15 is 0 Å². The SMILES string of the molecule is C=C/C(=C\C)Oc1cc(C=O)ccc1N. The van der Waals surface area contributed by atoms with E-state index in [0.717, 1.165) is 6.29 Å². The number of benzene rings is 1. The van der Waals surface area contributed by atoms with Crippen molar-refractivity contribution in [2.45, 2.75) is 6.92 Å². The van der Waals surface area contributed by atoms with Crippen molar-refractivity contribution in [3.8, 4) is 5.75 Å². The summed E-state index contributed by atoms with van der Waals surface area (Å²) in [4.78, 5) is 10.6. The van der Waals surface area contributed by atoms with Crippen LogP contribution < -0.4 is 10.5 Å². The van der Waals surface area contributed by atoms with Gasteiger partial charge in [0.05, 0.1) is 5.69 Å². The molecule has 0 fully saturated rings. The lowest BCUT2D eigenvalue weighted by Gasteiger charge is -2.08. The molecule has 3 nitrogen and oxygen atoms in total. The topological polar surface area (TPSA) is 52.3 Å². The molecule has 0 spiro atoms. The molecule has 0 saturated heterocycles. The van der Waals surface area contributed by atoms with Gasteiger partial charge < -0.3 is 10.5 Å². The second-order valence-electron chi connectivity index (χ2n) is 2.91. The molecule has 15 heavy (non-hydrogen) atoms. The van der Waals surface area contributed by atoms with Crippen LogP contribution in [0.5, 0.6) is 5.75 Å². The van der Waals surface area contributed by atoms with Crippen LogP contribution >= 0.6 is 0 Å². The Kier molecular flexibility index (Phi) is 3.68. The molecule has 0 amide bonds. The largest absolute Gasteiger partial charge is 0.456 e. The molecule has 0 bridgehead atoms. The van der Waals surface area contributed by atoms with Crippen LogP contribution in [-0.2, 0) is 0 Å². The normalized spacial score (nSPS) is 10.9. The molecule has 2 N–H and O–H groups in total. The van der Waals surface area contributed by atoms with E-state index in [4.69, 9.17) is 10.5 Å². The van der Waals surface area contributed by atoms with Gasteiger partial charge in [-0.3, -0.25) is 4.79 Å². The van der Waals surface area contributed by atoms with E-state index in [1.54, 1.807) is 30.4 Å². The number of nitrogen functional groups attached to an aromatic ring is 1. The van der Waals surface area contributed by atoms with E-state index in [2.05, 4.69) is 6.58 Å². The lowest BCUT2D eigenvalue weighted by atomic mass is 10.2. The molecule has 1 aromatic rings. The smallest absolute Gasteiger partial charge is 0.150 e. The molecular formula is C12H13NO2. The van der Waals surface area contributed by atoms with Crippen molar-refractivity contribution >= 4 is 12.0 Å². The van der Waals surface area contributed by atoms with Crippen molar-refractivity contribution in [2.75, 3.05) is 5.73 Å². The predicted molar refractivity (Wildman–Crippen MR) is 60.8 cm³/mol. The van der Waals surface area contributed by atoms with Crippen LogP contribution in [0.1, 0.15) is 17.3 Å². The summed E-state index contributed by atoms with van der Waals surface area (Å²) in [7, 11) is 0. The molecule has 0 aliphatic carbocycles. The van der Waals surface area contributed by atoms with E-state index in [0.29, 0.717) is 22.8 Å². The molecule has 0 atom stereocenters. The number of aldehydes is 1. The highest BCUT2D eigenvalue weighted by molar-refractivity contribution is 5.77. The summed E-state index contributed by atoms with van der Waals surface area (Å²) in [6, 6.07) is 4.86. The second-order valence-corrected chi connectivity index (χ2v) is 2.91. The molecule has 0 unspecified atom stereocenters. The van der Waals surface area contributed by atoms with Crippen LogP contribution in [0.3, 0.4) is 0 Å². The Hall–Kier alpha value is -2.03. The van der Waals surface area contributed by atoms with Crippen molar-refractivity contribution in [3.63, 3.8) is 0 Å². The van der Waals surface area contributed by atoms with Crippen LogP contribution in [0.4, 0.5) is 5.69 Å². The summed E-state index contributed by atoms with van der Waals surface area (Å²) >= 11 is 0. The monoisotopic (exact) mass is 203 g/mol. The Labute approximate surface area is 88.9 Å². The van der Waals surface area contributed by atoms with Crippen LogP contribution in [0.2, 0.25) is 0 Å². The van der Waals surface area contributed by atoms with Gasteiger partial charge >= 0.3 is 0 Å². The van der Waals surface area contributed by atoms with Crippen molar-refractivity contribution in [1.82, 2.24) is 0 Å². The Bertz CT molecular complexity index is 408. The highest BCUT2D eigenvalue weighted by Crippen LogP contribution is 2.24. The first-order valence-corrected chi connectivity index (χ1v) is 4.52. The molecule has 3 heteroatoms. The number of hydrogen-bond donors (Lipinski definition) is 1. The molecule has 0 aliphatic rings. The fourth-order valence-electron chi connectivity index (χ4n) is 1.06. The van der Waals surface area contributed by atoms with Gasteiger partial charge in [0, 0.05) is 5.56 Å². The first-order chi connectivity index (χ1) is 7.21. The van der Waals surface area contributed by atoms with E-state index in [9.17, 15) is 4.79 Å². The number of allylic oxidation sites excluding steroid dienone is 2. The van der Waals surface area contributed by atoms with Gasteiger partial charge in [-0.1, -0.05) is 6.58 Å². The van der Waals surface area contributed by atoms with Gasteiger partial charge in [0.25, 0.3) is 0 Å². The van der Waals surface area contributed by atoms with Gasteiger partial charge in [-0.2, -0.15) is 0 Å². The summed E-state index contributed by atoms with van der Waals surface area (Å²) in [5.74, 6) is 1.07. The highest BCUT2D eigenvalue weighted by Gasteiger charge is 2.03. The first-order valence-electron chi connectivity index (χ1n) is 4.52. The average molecular weight is 203 g/mol. The molecule has 0 heterocycles. The Morgan fingerprint density at radius 3 is 2.80 bits per heavy atom. The molecule has 0 aromatic heterocycles. The van der Waals surface area contributed by atoms with Crippen LogP contribution in [0, 0.1) is 0 Å². The average Bonchev–Trinajstić information content (AvgIpc) is 2.28. The number of hydrogen-bond acceptors (Lipinski definition) is 3. The van der Waals surface area contributed by atoms with E-state index < -0.39 is 0 Å². The van der Waals surface area contributed by atoms with Gasteiger partial charge in [0.15, 0.2) is 5.75 Å². The fourth-order valence-corrected chi connectivity index (χ4v) is 1.06. The number of carbonyl (C=O) groups excluding carboxylic acids is 1. The van der Waals surface area contributed by atoms with Crippen LogP contribution in [0.15, 0.2) is 42.7 Å². The summed E-state index contributed by atoms with van der Waals surface area (Å²) in [5.41, 5.74) is 6.71. The predicted octanol–water partition coefficient (Wildman–Crippen LogP) is 2.55. The number of carbonyl (C=O) groups is 1. The zero-order chi connectivity index (χ0) is 11.3. The maximum atomic E-state index is 10.6. The fraction of sp³-hybridized carbons (Fsp3) is 0.0833. The third kappa shape index (κ3) is 2.71. The Morgan fingerprint density at radius 1 is 1.53 bits per heavy atom. The second kappa shape index (κ2) is 5.00. The van der Waals surface area contributed by atoms with Crippen LogP contribution in [0.25, 0.3) is 0 Å². The van der Waals surface area contributed by atoms with Crippen molar-refractivity contribution in [1.29, 1.82) is 0 Å². The number of anilines is 1.